The molecule has 2 heterocycles. The summed E-state index contributed by atoms with van der Waals surface area (Å²) in [5.41, 5.74) is 1.33. The molecule has 0 aliphatic rings. The predicted octanol–water partition coefficient (Wildman–Crippen LogP) is -0.100. The van der Waals surface area contributed by atoms with Crippen LogP contribution in [0.4, 0.5) is 0 Å². The van der Waals surface area contributed by atoms with Gasteiger partial charge < -0.3 is 14.4 Å². The van der Waals surface area contributed by atoms with Gasteiger partial charge in [0.25, 0.3) is 0 Å². The third-order valence-corrected chi connectivity index (χ3v) is 2.26. The van der Waals surface area contributed by atoms with Crippen LogP contribution in [0.3, 0.4) is 0 Å². The number of carbonyl (C=O) groups excluding carboxylic acids is 1. The van der Waals surface area contributed by atoms with Gasteiger partial charge in [0.1, 0.15) is 11.5 Å². The number of aryl methyl sites for hydroxylation is 2. The van der Waals surface area contributed by atoms with E-state index in [1.54, 1.807) is 17.8 Å². The molecule has 0 atom stereocenters. The quantitative estimate of drug-likeness (QED) is 0.721. The Labute approximate surface area is 91.5 Å². The molecule has 0 spiro atoms. The maximum absolute atomic E-state index is 10.8. The van der Waals surface area contributed by atoms with Crippen molar-refractivity contribution in [1.82, 2.24) is 14.9 Å². The molecule has 0 bridgehead atoms. The van der Waals surface area contributed by atoms with Crippen LogP contribution < -0.4 is 5.11 Å². The van der Waals surface area contributed by atoms with Gasteiger partial charge >= 0.3 is 0 Å². The van der Waals surface area contributed by atoms with E-state index in [0.29, 0.717) is 17.9 Å². The molecule has 2 aromatic rings. The second kappa shape index (κ2) is 3.80. The minimum atomic E-state index is -1.34. The van der Waals surface area contributed by atoms with Crippen LogP contribution in [0.25, 0.3) is 0 Å². The first-order chi connectivity index (χ1) is 7.58. The summed E-state index contributed by atoms with van der Waals surface area (Å²) in [4.78, 5) is 10.8. The number of carbonyl (C=O) groups is 1. The van der Waals surface area contributed by atoms with Crippen LogP contribution in [-0.4, -0.2) is 20.9 Å². The Hall–Kier alpha value is -2.11. The molecule has 0 radical (unpaired) electrons. The third-order valence-electron chi connectivity index (χ3n) is 2.26. The summed E-state index contributed by atoms with van der Waals surface area (Å²) in [6, 6.07) is 0. The smallest absolute Gasteiger partial charge is 0.139 e. The Bertz CT molecular complexity index is 527. The maximum Gasteiger partial charge on any atom is 0.139 e. The highest BCUT2D eigenvalue weighted by atomic mass is 16.5. The van der Waals surface area contributed by atoms with Gasteiger partial charge in [0, 0.05) is 11.8 Å². The van der Waals surface area contributed by atoms with Crippen molar-refractivity contribution in [2.24, 2.45) is 0 Å². The van der Waals surface area contributed by atoms with Crippen LogP contribution in [0, 0.1) is 13.8 Å². The number of rotatable bonds is 3. The molecule has 16 heavy (non-hydrogen) atoms. The summed E-state index contributed by atoms with van der Waals surface area (Å²) in [7, 11) is 0. The number of hydrogen-bond donors (Lipinski definition) is 0. The zero-order valence-electron chi connectivity index (χ0n) is 8.93. The van der Waals surface area contributed by atoms with Crippen molar-refractivity contribution in [2.45, 2.75) is 20.4 Å². The lowest BCUT2D eigenvalue weighted by Gasteiger charge is -2.03. The van der Waals surface area contributed by atoms with Gasteiger partial charge in [0.15, 0.2) is 0 Å². The number of aromatic nitrogens is 3. The van der Waals surface area contributed by atoms with Gasteiger partial charge in [0.05, 0.1) is 18.7 Å². The van der Waals surface area contributed by atoms with Gasteiger partial charge in [-0.15, -0.1) is 0 Å². The van der Waals surface area contributed by atoms with Crippen LogP contribution in [0.1, 0.15) is 27.4 Å². The summed E-state index contributed by atoms with van der Waals surface area (Å²) in [6.07, 6.45) is 3.51. The number of carboxylic acids is 1. The number of nitrogens with zero attached hydrogens (tertiary/aromatic N) is 3. The molecular formula is C10H10N3O3-. The zero-order chi connectivity index (χ0) is 11.7. The van der Waals surface area contributed by atoms with E-state index < -0.39 is 5.97 Å². The van der Waals surface area contributed by atoms with Crippen LogP contribution >= 0.6 is 0 Å². The van der Waals surface area contributed by atoms with E-state index in [-0.39, 0.29) is 5.69 Å². The van der Waals surface area contributed by atoms with Gasteiger partial charge in [-0.3, -0.25) is 4.68 Å². The fourth-order valence-electron chi connectivity index (χ4n) is 1.45. The fourth-order valence-corrected chi connectivity index (χ4v) is 1.45. The lowest BCUT2D eigenvalue weighted by molar-refractivity contribution is -0.255. The minimum Gasteiger partial charge on any atom is -0.543 e. The summed E-state index contributed by atoms with van der Waals surface area (Å²) in [5.74, 6) is -0.872. The fraction of sp³-hybridized carbons (Fsp3) is 0.300. The lowest BCUT2D eigenvalue weighted by atomic mass is 10.2. The Balaban J connectivity index is 2.33. The van der Waals surface area contributed by atoms with Gasteiger partial charge in [0.2, 0.25) is 0 Å². The molecule has 2 aromatic heterocycles. The van der Waals surface area contributed by atoms with E-state index >= 15 is 0 Å². The average molecular weight is 220 g/mol. The van der Waals surface area contributed by atoms with Crippen LogP contribution in [-0.2, 0) is 6.54 Å². The highest BCUT2D eigenvalue weighted by Crippen LogP contribution is 2.14. The van der Waals surface area contributed by atoms with Crippen molar-refractivity contribution >= 4 is 5.97 Å². The topological polar surface area (TPSA) is 84.0 Å². The van der Waals surface area contributed by atoms with Crippen molar-refractivity contribution in [3.8, 4) is 0 Å². The molecule has 0 N–H and O–H groups in total. The molecule has 0 aliphatic carbocycles. The van der Waals surface area contributed by atoms with E-state index in [1.807, 2.05) is 13.1 Å². The van der Waals surface area contributed by atoms with Crippen LogP contribution in [0.15, 0.2) is 16.9 Å². The van der Waals surface area contributed by atoms with Crippen molar-refractivity contribution in [3.63, 3.8) is 0 Å². The molecular weight excluding hydrogens is 210 g/mol. The van der Waals surface area contributed by atoms with Crippen molar-refractivity contribution < 1.29 is 14.4 Å². The van der Waals surface area contributed by atoms with E-state index in [4.69, 9.17) is 4.52 Å². The highest BCUT2D eigenvalue weighted by molar-refractivity contribution is 5.85. The largest absolute Gasteiger partial charge is 0.543 e. The summed E-state index contributed by atoms with van der Waals surface area (Å²) in [6.45, 7) is 3.88. The highest BCUT2D eigenvalue weighted by Gasteiger charge is 2.14. The molecule has 0 aliphatic heterocycles. The Morgan fingerprint density at radius 2 is 2.31 bits per heavy atom. The normalized spacial score (nSPS) is 10.6. The molecule has 0 amide bonds. The first kappa shape index (κ1) is 10.4. The van der Waals surface area contributed by atoms with Crippen molar-refractivity contribution in [1.29, 1.82) is 0 Å². The molecule has 2 rings (SSSR count). The SMILES string of the molecule is Cc1cnn(Cc2c(C(=O)[O-])noc2C)c1. The molecule has 0 fully saturated rings. The number of aromatic carboxylic acids is 1. The van der Waals surface area contributed by atoms with E-state index in [1.165, 1.54) is 0 Å². The van der Waals surface area contributed by atoms with Crippen LogP contribution in [0.2, 0.25) is 0 Å². The van der Waals surface area contributed by atoms with Crippen molar-refractivity contribution in [3.05, 3.63) is 35.0 Å². The second-order valence-electron chi connectivity index (χ2n) is 3.57. The monoisotopic (exact) mass is 220 g/mol. The molecule has 0 saturated heterocycles. The van der Waals surface area contributed by atoms with Crippen LogP contribution in [0.5, 0.6) is 0 Å². The second-order valence-corrected chi connectivity index (χ2v) is 3.57. The van der Waals surface area contributed by atoms with E-state index in [9.17, 15) is 9.90 Å². The molecule has 0 saturated carbocycles. The third kappa shape index (κ3) is 1.81. The van der Waals surface area contributed by atoms with E-state index in [0.717, 1.165) is 5.56 Å². The Morgan fingerprint density at radius 1 is 1.56 bits per heavy atom. The lowest BCUT2D eigenvalue weighted by Crippen LogP contribution is -2.24. The molecule has 6 nitrogen and oxygen atoms in total. The Kier molecular flexibility index (Phi) is 2.47. The summed E-state index contributed by atoms with van der Waals surface area (Å²) < 4.78 is 6.45. The molecule has 0 unspecified atom stereocenters. The summed E-state index contributed by atoms with van der Waals surface area (Å²) in [5, 5.41) is 18.3. The van der Waals surface area contributed by atoms with Gasteiger partial charge in [-0.2, -0.15) is 5.10 Å². The summed E-state index contributed by atoms with van der Waals surface area (Å²) >= 11 is 0. The maximum atomic E-state index is 10.8. The van der Waals surface area contributed by atoms with E-state index in [2.05, 4.69) is 10.3 Å². The van der Waals surface area contributed by atoms with Gasteiger partial charge in [-0.1, -0.05) is 5.16 Å². The van der Waals surface area contributed by atoms with Gasteiger partial charge in [-0.25, -0.2) is 0 Å². The molecule has 6 heteroatoms. The first-order valence-corrected chi connectivity index (χ1v) is 4.73. The van der Waals surface area contributed by atoms with Gasteiger partial charge in [-0.05, 0) is 19.4 Å². The standard InChI is InChI=1S/C10H11N3O3/c1-6-3-11-13(4-6)5-8-7(2)16-12-9(8)10(14)15/h3-4H,5H2,1-2H3,(H,14,15)/p-1. The first-order valence-electron chi connectivity index (χ1n) is 4.73. The molecule has 84 valence electrons. The Morgan fingerprint density at radius 3 is 2.88 bits per heavy atom. The molecule has 0 aromatic carbocycles. The van der Waals surface area contributed by atoms with Crippen molar-refractivity contribution in [2.75, 3.05) is 0 Å². The zero-order valence-corrected chi connectivity index (χ0v) is 8.93. The average Bonchev–Trinajstić information content (AvgIpc) is 2.76. The minimum absolute atomic E-state index is 0.161. The number of hydrogen-bond acceptors (Lipinski definition) is 5. The predicted molar refractivity (Wildman–Crippen MR) is 51.6 cm³/mol. The number of carboxylic acid groups (broad SMARTS) is 1.